The van der Waals surface area contributed by atoms with Crippen LogP contribution in [-0.4, -0.2) is 113 Å². The monoisotopic (exact) mass is 587 g/mol. The Morgan fingerprint density at radius 1 is 0.732 bits per heavy atom. The zero-order valence-corrected chi connectivity index (χ0v) is 24.7. The van der Waals surface area contributed by atoms with E-state index in [0.717, 1.165) is 45.3 Å². The van der Waals surface area contributed by atoms with Crippen LogP contribution >= 0.6 is 0 Å². The van der Waals surface area contributed by atoms with Crippen LogP contribution in [0.1, 0.15) is 51.4 Å². The number of methoxy groups -OCH3 is 2. The smallest absolute Gasteiger partial charge is 0.413 e. The van der Waals surface area contributed by atoms with Crippen LogP contribution < -0.4 is 43.8 Å². The minimum Gasteiger partial charge on any atom is -0.453 e. The highest BCUT2D eigenvalue weighted by Crippen LogP contribution is 2.01. The number of carbonyl (C=O) groups excluding carboxylic acids is 3. The lowest BCUT2D eigenvalue weighted by Crippen LogP contribution is -2.42. The van der Waals surface area contributed by atoms with Gasteiger partial charge in [0, 0.05) is 39.8 Å². The number of carbonyl (C=O) groups is 3. The minimum atomic E-state index is -0.711. The van der Waals surface area contributed by atoms with Gasteiger partial charge in [-0.3, -0.25) is 25.7 Å². The maximum absolute atomic E-state index is 12.3. The first-order valence-corrected chi connectivity index (χ1v) is 14.1. The van der Waals surface area contributed by atoms with E-state index in [4.69, 9.17) is 32.8 Å². The van der Waals surface area contributed by atoms with Crippen LogP contribution in [0.4, 0.5) is 4.79 Å². The molecule has 0 saturated heterocycles. The topological polar surface area (TPSA) is 259 Å². The predicted molar refractivity (Wildman–Crippen MR) is 158 cm³/mol. The SMILES string of the molecule is COCCN(CCCNC(=O)[C@H](N)CCCCNC(=N)N)CCCNC(=O)[C@H](N)CCCCNC(=N)NC(=O)OC. The summed E-state index contributed by atoms with van der Waals surface area (Å²) in [6, 6.07) is -1.17. The molecule has 0 aromatic carbocycles. The number of guanidine groups is 2. The summed E-state index contributed by atoms with van der Waals surface area (Å²) in [5.41, 5.74) is 17.2. The van der Waals surface area contributed by atoms with Gasteiger partial charge in [-0.25, -0.2) is 4.79 Å². The molecule has 0 aliphatic rings. The predicted octanol–water partition coefficient (Wildman–Crippen LogP) is -1.69. The van der Waals surface area contributed by atoms with Crippen molar-refractivity contribution >= 4 is 29.8 Å². The molecule has 0 heterocycles. The summed E-state index contributed by atoms with van der Waals surface area (Å²) in [7, 11) is 2.87. The van der Waals surface area contributed by atoms with Crippen LogP contribution in [0.2, 0.25) is 0 Å². The van der Waals surface area contributed by atoms with Crippen LogP contribution in [0.25, 0.3) is 0 Å². The normalized spacial score (nSPS) is 12.2. The Kier molecular flexibility index (Phi) is 22.7. The van der Waals surface area contributed by atoms with Gasteiger partial charge in [-0.05, 0) is 64.5 Å². The Morgan fingerprint density at radius 3 is 1.68 bits per heavy atom. The van der Waals surface area contributed by atoms with Crippen molar-refractivity contribution in [1.29, 1.82) is 10.8 Å². The molecule has 0 aromatic rings. The van der Waals surface area contributed by atoms with Crippen LogP contribution in [0.5, 0.6) is 0 Å². The molecule has 41 heavy (non-hydrogen) atoms. The molecule has 0 unspecified atom stereocenters. The fourth-order valence-corrected chi connectivity index (χ4v) is 3.72. The summed E-state index contributed by atoms with van der Waals surface area (Å²) in [6.45, 7) is 4.93. The van der Waals surface area contributed by atoms with E-state index >= 15 is 0 Å². The summed E-state index contributed by atoms with van der Waals surface area (Å²) >= 11 is 0. The summed E-state index contributed by atoms with van der Waals surface area (Å²) in [5.74, 6) is -0.574. The van der Waals surface area contributed by atoms with Crippen molar-refractivity contribution in [3.63, 3.8) is 0 Å². The fraction of sp³-hybridized carbons (Fsp3) is 0.800. The lowest BCUT2D eigenvalue weighted by molar-refractivity contribution is -0.123. The van der Waals surface area contributed by atoms with Gasteiger partial charge < -0.3 is 52.8 Å². The molecule has 0 radical (unpaired) electrons. The maximum atomic E-state index is 12.3. The van der Waals surface area contributed by atoms with E-state index in [2.05, 4.69) is 36.2 Å². The van der Waals surface area contributed by atoms with Gasteiger partial charge in [0.15, 0.2) is 11.9 Å². The molecule has 238 valence electrons. The second kappa shape index (κ2) is 24.6. The Bertz CT molecular complexity index is 772. The van der Waals surface area contributed by atoms with Crippen molar-refractivity contribution in [3.05, 3.63) is 0 Å². The number of hydrogen-bond acceptors (Lipinski definition) is 10. The standard InChI is InChI=1S/C25H53N11O5/c1-40-18-17-36(15-7-13-31-21(37)19(26)9-3-5-11-33-23(28)29)16-8-14-32-22(38)20(27)10-4-6-12-34-24(30)35-25(39)41-2/h19-20H,3-18,26-27H2,1-2H3,(H,31,37)(H,32,38)(H4,28,29,33)(H3,30,34,35,39)/t19-,20-/m1/s1. The Morgan fingerprint density at radius 2 is 1.22 bits per heavy atom. The van der Waals surface area contributed by atoms with Gasteiger partial charge in [0.05, 0.1) is 25.8 Å². The molecule has 0 spiro atoms. The number of nitrogens with zero attached hydrogens (tertiary/aromatic N) is 1. The number of amides is 3. The average Bonchev–Trinajstić information content (AvgIpc) is 2.94. The average molecular weight is 588 g/mol. The molecular weight excluding hydrogens is 534 g/mol. The Hall–Kier alpha value is -3.21. The molecule has 0 aliphatic heterocycles. The molecule has 0 aliphatic carbocycles. The van der Waals surface area contributed by atoms with Gasteiger partial charge in [0.2, 0.25) is 11.8 Å². The minimum absolute atomic E-state index is 0.0644. The number of nitrogens with one attached hydrogen (secondary N) is 7. The van der Waals surface area contributed by atoms with Crippen molar-refractivity contribution in [2.75, 3.05) is 66.6 Å². The summed E-state index contributed by atoms with van der Waals surface area (Å²) < 4.78 is 9.61. The summed E-state index contributed by atoms with van der Waals surface area (Å²) in [6.07, 6.45) is 4.80. The van der Waals surface area contributed by atoms with E-state index in [1.165, 1.54) is 7.11 Å². The van der Waals surface area contributed by atoms with Crippen molar-refractivity contribution < 1.29 is 23.9 Å². The lowest BCUT2D eigenvalue weighted by Gasteiger charge is -2.22. The van der Waals surface area contributed by atoms with Crippen LogP contribution in [-0.2, 0) is 19.1 Å². The lowest BCUT2D eigenvalue weighted by atomic mass is 10.1. The van der Waals surface area contributed by atoms with E-state index in [1.54, 1.807) is 7.11 Å². The van der Waals surface area contributed by atoms with Crippen LogP contribution in [0.3, 0.4) is 0 Å². The van der Waals surface area contributed by atoms with Crippen molar-refractivity contribution in [2.24, 2.45) is 17.2 Å². The first kappa shape index (κ1) is 37.8. The molecule has 0 bridgehead atoms. The third-order valence-corrected chi connectivity index (χ3v) is 6.10. The third kappa shape index (κ3) is 22.2. The largest absolute Gasteiger partial charge is 0.453 e. The van der Waals surface area contributed by atoms with Gasteiger partial charge in [-0.1, -0.05) is 0 Å². The van der Waals surface area contributed by atoms with E-state index in [1.807, 2.05) is 0 Å². The molecule has 0 aromatic heterocycles. The molecule has 13 N–H and O–H groups in total. The molecular formula is C25H53N11O5. The molecule has 2 atom stereocenters. The Balaban J connectivity index is 4.07. The summed E-state index contributed by atoms with van der Waals surface area (Å²) in [4.78, 5) is 37.7. The molecule has 0 saturated carbocycles. The highest BCUT2D eigenvalue weighted by atomic mass is 16.5. The van der Waals surface area contributed by atoms with Gasteiger partial charge in [-0.2, -0.15) is 0 Å². The molecule has 3 amide bonds. The number of hydrogen-bond donors (Lipinski definition) is 10. The van der Waals surface area contributed by atoms with E-state index in [-0.39, 0.29) is 23.7 Å². The van der Waals surface area contributed by atoms with Crippen molar-refractivity contribution in [2.45, 2.75) is 63.5 Å². The first-order chi connectivity index (χ1) is 19.6. The zero-order valence-electron chi connectivity index (χ0n) is 24.7. The highest BCUT2D eigenvalue weighted by molar-refractivity contribution is 5.91. The number of rotatable bonds is 23. The quantitative estimate of drug-likeness (QED) is 0.0366. The van der Waals surface area contributed by atoms with E-state index < -0.39 is 18.2 Å². The first-order valence-electron chi connectivity index (χ1n) is 14.1. The van der Waals surface area contributed by atoms with Gasteiger partial charge in [0.1, 0.15) is 0 Å². The second-order valence-corrected chi connectivity index (χ2v) is 9.59. The maximum Gasteiger partial charge on any atom is 0.413 e. The van der Waals surface area contributed by atoms with E-state index in [9.17, 15) is 14.4 Å². The Labute approximate surface area is 243 Å². The van der Waals surface area contributed by atoms with Gasteiger partial charge >= 0.3 is 6.09 Å². The van der Waals surface area contributed by atoms with Crippen LogP contribution in [0, 0.1) is 10.8 Å². The number of unbranched alkanes of at least 4 members (excludes halogenated alkanes) is 2. The molecule has 16 heteroatoms. The second-order valence-electron chi connectivity index (χ2n) is 9.59. The third-order valence-electron chi connectivity index (χ3n) is 6.10. The van der Waals surface area contributed by atoms with Crippen molar-refractivity contribution in [1.82, 2.24) is 31.5 Å². The number of nitrogens with two attached hydrogens (primary N) is 3. The summed E-state index contributed by atoms with van der Waals surface area (Å²) in [5, 5.41) is 28.1. The van der Waals surface area contributed by atoms with Gasteiger partial charge in [0.25, 0.3) is 0 Å². The van der Waals surface area contributed by atoms with Gasteiger partial charge in [-0.15, -0.1) is 0 Å². The van der Waals surface area contributed by atoms with E-state index in [0.29, 0.717) is 58.5 Å². The number of ether oxygens (including phenoxy) is 2. The highest BCUT2D eigenvalue weighted by Gasteiger charge is 2.14. The molecule has 0 fully saturated rings. The molecule has 0 rings (SSSR count). The number of alkyl carbamates (subject to hydrolysis) is 1. The zero-order chi connectivity index (χ0) is 30.9. The molecule has 16 nitrogen and oxygen atoms in total. The van der Waals surface area contributed by atoms with Crippen LogP contribution in [0.15, 0.2) is 0 Å². The van der Waals surface area contributed by atoms with Crippen molar-refractivity contribution in [3.8, 4) is 0 Å². The fourth-order valence-electron chi connectivity index (χ4n) is 3.72.